The second kappa shape index (κ2) is 7.56. The van der Waals surface area contributed by atoms with Gasteiger partial charge in [0.1, 0.15) is 11.5 Å². The van der Waals surface area contributed by atoms with Gasteiger partial charge in [-0.15, -0.1) is 0 Å². The van der Waals surface area contributed by atoms with Crippen LogP contribution in [0, 0.1) is 0 Å². The van der Waals surface area contributed by atoms with E-state index in [4.69, 9.17) is 9.47 Å². The lowest BCUT2D eigenvalue weighted by Crippen LogP contribution is -2.47. The second-order valence-electron chi connectivity index (χ2n) is 6.94. The lowest BCUT2D eigenvalue weighted by molar-refractivity contribution is 0.109. The predicted molar refractivity (Wildman–Crippen MR) is 102 cm³/mol. The number of para-hydroxylation sites is 2. The number of fused-ring (bicyclic) bond motifs is 1. The number of rotatable bonds is 5. The standard InChI is InChI=1S/C21H26N2O3/c1-25-21-5-3-2-4-18(21)23-11-9-22(10-12-23)15-19(24)16-6-7-20-17(14-16)8-13-26-20/h2-7,14,19,24H,8-13,15H2,1H3/t19-/m1/s1. The molecule has 2 aliphatic heterocycles. The Balaban J connectivity index is 1.35. The van der Waals surface area contributed by atoms with Crippen molar-refractivity contribution in [1.29, 1.82) is 0 Å². The van der Waals surface area contributed by atoms with Crippen LogP contribution in [0.1, 0.15) is 17.2 Å². The Morgan fingerprint density at radius 1 is 1.12 bits per heavy atom. The highest BCUT2D eigenvalue weighted by molar-refractivity contribution is 5.58. The molecule has 0 bridgehead atoms. The van der Waals surface area contributed by atoms with E-state index in [2.05, 4.69) is 21.9 Å². The van der Waals surface area contributed by atoms with Crippen LogP contribution in [0.15, 0.2) is 42.5 Å². The Labute approximate surface area is 154 Å². The summed E-state index contributed by atoms with van der Waals surface area (Å²) in [5.74, 6) is 1.88. The second-order valence-corrected chi connectivity index (χ2v) is 6.94. The Bertz CT molecular complexity index is 757. The maximum absolute atomic E-state index is 10.7. The highest BCUT2D eigenvalue weighted by atomic mass is 16.5. The number of benzene rings is 2. The number of anilines is 1. The van der Waals surface area contributed by atoms with Crippen molar-refractivity contribution in [3.8, 4) is 11.5 Å². The summed E-state index contributed by atoms with van der Waals surface area (Å²) >= 11 is 0. The third-order valence-corrected chi connectivity index (χ3v) is 5.33. The molecule has 2 aliphatic rings. The van der Waals surface area contributed by atoms with E-state index < -0.39 is 6.10 Å². The van der Waals surface area contributed by atoms with Crippen molar-refractivity contribution in [1.82, 2.24) is 4.90 Å². The first-order valence-electron chi connectivity index (χ1n) is 9.28. The van der Waals surface area contributed by atoms with Gasteiger partial charge in [-0.1, -0.05) is 18.2 Å². The summed E-state index contributed by atoms with van der Waals surface area (Å²) < 4.78 is 11.0. The van der Waals surface area contributed by atoms with E-state index in [-0.39, 0.29) is 0 Å². The van der Waals surface area contributed by atoms with Gasteiger partial charge in [0.05, 0.1) is 25.5 Å². The number of β-amino-alcohol motifs (C(OH)–C–C–N with tert-alkyl or cyclic N) is 1. The molecule has 5 heteroatoms. The fourth-order valence-corrected chi connectivity index (χ4v) is 3.83. The van der Waals surface area contributed by atoms with Crippen molar-refractivity contribution in [3.63, 3.8) is 0 Å². The van der Waals surface area contributed by atoms with Gasteiger partial charge in [-0.05, 0) is 35.4 Å². The number of hydrogen-bond donors (Lipinski definition) is 1. The molecule has 1 N–H and O–H groups in total. The maximum atomic E-state index is 10.7. The number of aliphatic hydroxyl groups is 1. The molecule has 26 heavy (non-hydrogen) atoms. The minimum atomic E-state index is -0.460. The number of piperazine rings is 1. The molecular formula is C21H26N2O3. The van der Waals surface area contributed by atoms with Crippen LogP contribution in [0.4, 0.5) is 5.69 Å². The Hall–Kier alpha value is -2.24. The van der Waals surface area contributed by atoms with Crippen molar-refractivity contribution in [2.75, 3.05) is 51.3 Å². The molecular weight excluding hydrogens is 328 g/mol. The Kier molecular flexibility index (Phi) is 5.00. The quantitative estimate of drug-likeness (QED) is 0.894. The minimum absolute atomic E-state index is 0.460. The third kappa shape index (κ3) is 3.50. The summed E-state index contributed by atoms with van der Waals surface area (Å²) in [5.41, 5.74) is 3.35. The summed E-state index contributed by atoms with van der Waals surface area (Å²) in [4.78, 5) is 4.69. The third-order valence-electron chi connectivity index (χ3n) is 5.33. The normalized spacial score (nSPS) is 18.3. The van der Waals surface area contributed by atoms with Gasteiger partial charge < -0.3 is 19.5 Å². The van der Waals surface area contributed by atoms with Crippen LogP contribution < -0.4 is 14.4 Å². The fraction of sp³-hybridized carbons (Fsp3) is 0.429. The molecule has 0 saturated carbocycles. The molecule has 1 fully saturated rings. The van der Waals surface area contributed by atoms with E-state index in [0.29, 0.717) is 6.54 Å². The molecule has 4 rings (SSSR count). The van der Waals surface area contributed by atoms with E-state index in [0.717, 1.165) is 62.0 Å². The zero-order valence-electron chi connectivity index (χ0n) is 15.2. The first-order chi connectivity index (χ1) is 12.7. The van der Waals surface area contributed by atoms with Crippen LogP contribution in [-0.2, 0) is 6.42 Å². The van der Waals surface area contributed by atoms with Gasteiger partial charge in [-0.3, -0.25) is 4.90 Å². The van der Waals surface area contributed by atoms with Gasteiger partial charge in [-0.2, -0.15) is 0 Å². The first-order valence-corrected chi connectivity index (χ1v) is 9.28. The summed E-state index contributed by atoms with van der Waals surface area (Å²) in [6.45, 7) is 5.15. The average molecular weight is 354 g/mol. The summed E-state index contributed by atoms with van der Waals surface area (Å²) in [6, 6.07) is 14.2. The molecule has 5 nitrogen and oxygen atoms in total. The maximum Gasteiger partial charge on any atom is 0.142 e. The molecule has 0 radical (unpaired) electrons. The van der Waals surface area contributed by atoms with E-state index in [1.54, 1.807) is 7.11 Å². The monoisotopic (exact) mass is 354 g/mol. The molecule has 1 atom stereocenters. The largest absolute Gasteiger partial charge is 0.495 e. The number of aliphatic hydroxyl groups excluding tert-OH is 1. The topological polar surface area (TPSA) is 45.2 Å². The molecule has 2 aromatic rings. The van der Waals surface area contributed by atoms with Crippen molar-refractivity contribution in [3.05, 3.63) is 53.6 Å². The highest BCUT2D eigenvalue weighted by Gasteiger charge is 2.22. The van der Waals surface area contributed by atoms with Crippen LogP contribution in [0.2, 0.25) is 0 Å². The average Bonchev–Trinajstić information content (AvgIpc) is 3.16. The molecule has 2 heterocycles. The van der Waals surface area contributed by atoms with Gasteiger partial charge in [-0.25, -0.2) is 0 Å². The number of methoxy groups -OCH3 is 1. The van der Waals surface area contributed by atoms with Gasteiger partial charge in [0.25, 0.3) is 0 Å². The van der Waals surface area contributed by atoms with Gasteiger partial charge in [0.15, 0.2) is 0 Å². The smallest absolute Gasteiger partial charge is 0.142 e. The van der Waals surface area contributed by atoms with Crippen LogP contribution in [-0.4, -0.2) is 56.4 Å². The molecule has 0 unspecified atom stereocenters. The van der Waals surface area contributed by atoms with Gasteiger partial charge in [0.2, 0.25) is 0 Å². The highest BCUT2D eigenvalue weighted by Crippen LogP contribution is 2.30. The van der Waals surface area contributed by atoms with E-state index in [1.165, 1.54) is 5.56 Å². The van der Waals surface area contributed by atoms with E-state index >= 15 is 0 Å². The minimum Gasteiger partial charge on any atom is -0.495 e. The molecule has 0 aromatic heterocycles. The SMILES string of the molecule is COc1ccccc1N1CCN(C[C@@H](O)c2ccc3c(c2)CCO3)CC1. The first kappa shape index (κ1) is 17.2. The zero-order chi connectivity index (χ0) is 17.9. The Morgan fingerprint density at radius 3 is 2.73 bits per heavy atom. The summed E-state index contributed by atoms with van der Waals surface area (Å²) in [5, 5.41) is 10.7. The molecule has 0 spiro atoms. The van der Waals surface area contributed by atoms with Crippen molar-refractivity contribution >= 4 is 5.69 Å². The van der Waals surface area contributed by atoms with Crippen LogP contribution in [0.3, 0.4) is 0 Å². The van der Waals surface area contributed by atoms with Crippen LogP contribution in [0.5, 0.6) is 11.5 Å². The van der Waals surface area contributed by atoms with Crippen molar-refractivity contribution < 1.29 is 14.6 Å². The zero-order valence-corrected chi connectivity index (χ0v) is 15.2. The number of hydrogen-bond acceptors (Lipinski definition) is 5. The van der Waals surface area contributed by atoms with E-state index in [1.807, 2.05) is 30.3 Å². The Morgan fingerprint density at radius 2 is 1.92 bits per heavy atom. The number of ether oxygens (including phenoxy) is 2. The summed E-state index contributed by atoms with van der Waals surface area (Å²) in [6.07, 6.45) is 0.478. The van der Waals surface area contributed by atoms with Gasteiger partial charge >= 0.3 is 0 Å². The molecule has 2 aromatic carbocycles. The van der Waals surface area contributed by atoms with Crippen molar-refractivity contribution in [2.24, 2.45) is 0 Å². The van der Waals surface area contributed by atoms with Crippen molar-refractivity contribution in [2.45, 2.75) is 12.5 Å². The number of nitrogens with zero attached hydrogens (tertiary/aromatic N) is 2. The van der Waals surface area contributed by atoms with Gasteiger partial charge in [0, 0.05) is 39.1 Å². The molecule has 0 aliphatic carbocycles. The predicted octanol–water partition coefficient (Wildman–Crippen LogP) is 2.49. The lowest BCUT2D eigenvalue weighted by atomic mass is 10.0. The molecule has 1 saturated heterocycles. The molecule has 0 amide bonds. The lowest BCUT2D eigenvalue weighted by Gasteiger charge is -2.37. The summed E-state index contributed by atoms with van der Waals surface area (Å²) in [7, 11) is 1.72. The van der Waals surface area contributed by atoms with Crippen LogP contribution in [0.25, 0.3) is 0 Å². The fourth-order valence-electron chi connectivity index (χ4n) is 3.83. The van der Waals surface area contributed by atoms with Crippen LogP contribution >= 0.6 is 0 Å². The van der Waals surface area contributed by atoms with E-state index in [9.17, 15) is 5.11 Å². The molecule has 138 valence electrons.